The van der Waals surface area contributed by atoms with E-state index in [0.717, 1.165) is 12.2 Å². The quantitative estimate of drug-likeness (QED) is 0.748. The summed E-state index contributed by atoms with van der Waals surface area (Å²) in [5.41, 5.74) is 8.04. The summed E-state index contributed by atoms with van der Waals surface area (Å²) in [7, 11) is 0. The Bertz CT molecular complexity index is 449. The fraction of sp³-hybridized carbons (Fsp3) is 0.588. The molecule has 3 heteroatoms. The summed E-state index contributed by atoms with van der Waals surface area (Å²) in [6.45, 7) is 5.16. The Hall–Kier alpha value is -1.51. The zero-order chi connectivity index (χ0) is 14.6. The van der Waals surface area contributed by atoms with Crippen LogP contribution in [-0.2, 0) is 4.79 Å². The van der Waals surface area contributed by atoms with Crippen molar-refractivity contribution in [2.24, 2.45) is 5.41 Å². The molecule has 0 heterocycles. The van der Waals surface area contributed by atoms with Crippen molar-refractivity contribution >= 4 is 11.6 Å². The highest BCUT2D eigenvalue weighted by molar-refractivity contribution is 5.77. The number of hydrogen-bond donors (Lipinski definition) is 2. The number of carbonyl (C=O) groups excluding carboxylic acids is 1. The molecule has 1 saturated carbocycles. The summed E-state index contributed by atoms with van der Waals surface area (Å²) in [6, 6.07) is 7.80. The molecule has 1 unspecified atom stereocenters. The van der Waals surface area contributed by atoms with E-state index < -0.39 is 0 Å². The van der Waals surface area contributed by atoms with Gasteiger partial charge in [-0.3, -0.25) is 4.79 Å². The van der Waals surface area contributed by atoms with Crippen molar-refractivity contribution in [2.45, 2.75) is 51.9 Å². The average molecular weight is 274 g/mol. The molecule has 110 valence electrons. The zero-order valence-electron chi connectivity index (χ0n) is 12.6. The molecule has 1 aromatic carbocycles. The molecule has 1 aromatic rings. The van der Waals surface area contributed by atoms with Gasteiger partial charge in [-0.2, -0.15) is 0 Å². The Labute approximate surface area is 121 Å². The van der Waals surface area contributed by atoms with Gasteiger partial charge in [-0.1, -0.05) is 32.4 Å². The first-order valence-electron chi connectivity index (χ1n) is 7.67. The van der Waals surface area contributed by atoms with Gasteiger partial charge in [0.25, 0.3) is 0 Å². The maximum absolute atomic E-state index is 12.0. The van der Waals surface area contributed by atoms with Crippen LogP contribution in [0.4, 0.5) is 5.69 Å². The molecule has 3 N–H and O–H groups in total. The van der Waals surface area contributed by atoms with E-state index in [-0.39, 0.29) is 11.8 Å². The molecule has 0 aromatic heterocycles. The van der Waals surface area contributed by atoms with Crippen LogP contribution in [-0.4, -0.2) is 12.5 Å². The third kappa shape index (κ3) is 3.99. The summed E-state index contributed by atoms with van der Waals surface area (Å²) in [4.78, 5) is 12.0. The molecule has 1 fully saturated rings. The second-order valence-corrected chi connectivity index (χ2v) is 6.30. The van der Waals surface area contributed by atoms with Crippen molar-refractivity contribution in [2.75, 3.05) is 12.3 Å². The number of hydrogen-bond acceptors (Lipinski definition) is 2. The molecule has 1 amide bonds. The average Bonchev–Trinajstić information content (AvgIpc) is 3.18. The summed E-state index contributed by atoms with van der Waals surface area (Å²) in [6.07, 6.45) is 5.54. The lowest BCUT2D eigenvalue weighted by Crippen LogP contribution is -2.30. The molecule has 1 aliphatic carbocycles. The van der Waals surface area contributed by atoms with Gasteiger partial charge in [-0.05, 0) is 48.3 Å². The minimum Gasteiger partial charge on any atom is -0.399 e. The maximum atomic E-state index is 12.0. The minimum absolute atomic E-state index is 0.164. The summed E-state index contributed by atoms with van der Waals surface area (Å²) < 4.78 is 0. The van der Waals surface area contributed by atoms with E-state index in [1.165, 1.54) is 31.2 Å². The molecule has 20 heavy (non-hydrogen) atoms. The molecule has 0 aliphatic heterocycles. The monoisotopic (exact) mass is 274 g/mol. The molecule has 0 spiro atoms. The second-order valence-electron chi connectivity index (χ2n) is 6.30. The van der Waals surface area contributed by atoms with Gasteiger partial charge >= 0.3 is 0 Å². The first-order chi connectivity index (χ1) is 9.54. The van der Waals surface area contributed by atoms with Crippen LogP contribution in [0.2, 0.25) is 0 Å². The van der Waals surface area contributed by atoms with Gasteiger partial charge in [-0.25, -0.2) is 0 Å². The highest BCUT2D eigenvalue weighted by atomic mass is 16.1. The third-order valence-corrected chi connectivity index (χ3v) is 4.40. The van der Waals surface area contributed by atoms with Gasteiger partial charge in [0.2, 0.25) is 5.91 Å². The summed E-state index contributed by atoms with van der Waals surface area (Å²) in [5.74, 6) is 0.397. The molecule has 0 bridgehead atoms. The maximum Gasteiger partial charge on any atom is 0.220 e. The van der Waals surface area contributed by atoms with E-state index in [1.54, 1.807) is 0 Å². The van der Waals surface area contributed by atoms with Crippen LogP contribution in [0.3, 0.4) is 0 Å². The standard InChI is InChI=1S/C17H26N2O/c1-3-8-17(9-10-17)12-19-16(20)11-13(2)14-4-6-15(18)7-5-14/h4-7,13H,3,8-12,18H2,1-2H3,(H,19,20). The number of rotatable bonds is 7. The molecule has 0 radical (unpaired) electrons. The van der Waals surface area contributed by atoms with Crippen molar-refractivity contribution in [1.29, 1.82) is 0 Å². The molecule has 2 rings (SSSR count). The summed E-state index contributed by atoms with van der Waals surface area (Å²) in [5, 5.41) is 3.12. The first-order valence-corrected chi connectivity index (χ1v) is 7.67. The molecule has 3 nitrogen and oxygen atoms in total. The van der Waals surface area contributed by atoms with E-state index >= 15 is 0 Å². The zero-order valence-corrected chi connectivity index (χ0v) is 12.6. The lowest BCUT2D eigenvalue weighted by molar-refractivity contribution is -0.121. The van der Waals surface area contributed by atoms with E-state index in [9.17, 15) is 4.79 Å². The molecule has 1 atom stereocenters. The van der Waals surface area contributed by atoms with Gasteiger partial charge < -0.3 is 11.1 Å². The van der Waals surface area contributed by atoms with Crippen LogP contribution in [0.1, 0.15) is 57.4 Å². The molecular formula is C17H26N2O. The fourth-order valence-electron chi connectivity index (χ4n) is 2.80. The number of nitrogens with two attached hydrogens (primary N) is 1. The van der Waals surface area contributed by atoms with Crippen molar-refractivity contribution in [3.05, 3.63) is 29.8 Å². The second kappa shape index (κ2) is 6.29. The van der Waals surface area contributed by atoms with Gasteiger partial charge in [0.1, 0.15) is 0 Å². The molecular weight excluding hydrogens is 248 g/mol. The SMILES string of the molecule is CCCC1(CNC(=O)CC(C)c2ccc(N)cc2)CC1. The smallest absolute Gasteiger partial charge is 0.220 e. The highest BCUT2D eigenvalue weighted by Crippen LogP contribution is 2.48. The third-order valence-electron chi connectivity index (χ3n) is 4.40. The van der Waals surface area contributed by atoms with E-state index in [2.05, 4.69) is 19.2 Å². The van der Waals surface area contributed by atoms with Crippen LogP contribution in [0.15, 0.2) is 24.3 Å². The van der Waals surface area contributed by atoms with Crippen LogP contribution < -0.4 is 11.1 Å². The largest absolute Gasteiger partial charge is 0.399 e. The van der Waals surface area contributed by atoms with Gasteiger partial charge in [0, 0.05) is 18.7 Å². The predicted octanol–water partition coefficient (Wildman–Crippen LogP) is 3.46. The fourth-order valence-corrected chi connectivity index (χ4v) is 2.80. The number of anilines is 1. The van der Waals surface area contributed by atoms with Crippen molar-refractivity contribution < 1.29 is 4.79 Å². The van der Waals surface area contributed by atoms with Gasteiger partial charge in [0.15, 0.2) is 0 Å². The number of carbonyl (C=O) groups is 1. The first kappa shape index (κ1) is 14.9. The van der Waals surface area contributed by atoms with Crippen molar-refractivity contribution in [3.8, 4) is 0 Å². The highest BCUT2D eigenvalue weighted by Gasteiger charge is 2.41. The number of benzene rings is 1. The Morgan fingerprint density at radius 2 is 2.00 bits per heavy atom. The Kier molecular flexibility index (Phi) is 4.69. The van der Waals surface area contributed by atoms with E-state index in [0.29, 0.717) is 11.8 Å². The van der Waals surface area contributed by atoms with Gasteiger partial charge in [-0.15, -0.1) is 0 Å². The minimum atomic E-state index is 0.164. The number of nitrogen functional groups attached to an aromatic ring is 1. The Morgan fingerprint density at radius 1 is 1.35 bits per heavy atom. The van der Waals surface area contributed by atoms with Crippen LogP contribution in [0.25, 0.3) is 0 Å². The van der Waals surface area contributed by atoms with Crippen LogP contribution in [0, 0.1) is 5.41 Å². The van der Waals surface area contributed by atoms with E-state index in [1.807, 2.05) is 24.3 Å². The number of nitrogens with one attached hydrogen (secondary N) is 1. The lowest BCUT2D eigenvalue weighted by atomic mass is 9.96. The van der Waals surface area contributed by atoms with Crippen LogP contribution in [0.5, 0.6) is 0 Å². The van der Waals surface area contributed by atoms with Gasteiger partial charge in [0.05, 0.1) is 0 Å². The van der Waals surface area contributed by atoms with E-state index in [4.69, 9.17) is 5.73 Å². The molecule has 1 aliphatic rings. The van der Waals surface area contributed by atoms with Crippen molar-refractivity contribution in [1.82, 2.24) is 5.32 Å². The Balaban J connectivity index is 1.78. The normalized spacial score (nSPS) is 17.5. The van der Waals surface area contributed by atoms with Crippen molar-refractivity contribution in [3.63, 3.8) is 0 Å². The van der Waals surface area contributed by atoms with Crippen LogP contribution >= 0.6 is 0 Å². The summed E-state index contributed by atoms with van der Waals surface area (Å²) >= 11 is 0. The lowest BCUT2D eigenvalue weighted by Gasteiger charge is -2.17. The topological polar surface area (TPSA) is 55.1 Å². The molecule has 0 saturated heterocycles. The predicted molar refractivity (Wildman–Crippen MR) is 83.5 cm³/mol. The number of amides is 1. The Morgan fingerprint density at radius 3 is 2.55 bits per heavy atom.